The molecule has 0 heterocycles. The second-order valence-electron chi connectivity index (χ2n) is 9.76. The standard InChI is InChI=1S/C24H38O.Y/c1-2-17-5-8-20(9-6-17)21-10-12-22(13-11-21)23-14-7-19(16-24(23)25)15-18-3-4-18;/h2,12,17-21,23-25H,1,3-11,13-16H2;. The summed E-state index contributed by atoms with van der Waals surface area (Å²) in [4.78, 5) is 0. The molecule has 0 amide bonds. The Labute approximate surface area is 186 Å². The SMILES string of the molecule is C=CC1CCC(C2CC=C(C3CCC(CC4CC4)CC3O)CC2)CC1.[Y]. The fourth-order valence-corrected chi connectivity index (χ4v) is 6.19. The van der Waals surface area contributed by atoms with Gasteiger partial charge in [-0.15, -0.1) is 6.58 Å². The predicted octanol–water partition coefficient (Wildman–Crippen LogP) is 6.28. The van der Waals surface area contributed by atoms with Crippen molar-refractivity contribution in [3.8, 4) is 0 Å². The first-order valence-electron chi connectivity index (χ1n) is 11.2. The zero-order valence-electron chi connectivity index (χ0n) is 16.6. The maximum absolute atomic E-state index is 10.7. The molecule has 4 aliphatic carbocycles. The first-order chi connectivity index (χ1) is 12.2. The van der Waals surface area contributed by atoms with Gasteiger partial charge in [-0.25, -0.2) is 0 Å². The molecule has 4 rings (SSSR count). The minimum Gasteiger partial charge on any atom is -0.392 e. The van der Waals surface area contributed by atoms with Gasteiger partial charge in [-0.2, -0.15) is 0 Å². The summed E-state index contributed by atoms with van der Waals surface area (Å²) in [7, 11) is 0. The molecule has 1 radical (unpaired) electrons. The first kappa shape index (κ1) is 21.3. The zero-order chi connectivity index (χ0) is 17.2. The van der Waals surface area contributed by atoms with E-state index in [1.807, 2.05) is 0 Å². The van der Waals surface area contributed by atoms with E-state index in [1.165, 1.54) is 77.0 Å². The number of hydrogen-bond donors (Lipinski definition) is 1. The molecular weight excluding hydrogens is 393 g/mol. The fourth-order valence-electron chi connectivity index (χ4n) is 6.19. The molecule has 0 aliphatic heterocycles. The van der Waals surface area contributed by atoms with E-state index in [2.05, 4.69) is 18.7 Å². The summed E-state index contributed by atoms with van der Waals surface area (Å²) in [6.45, 7) is 3.98. The molecule has 3 fully saturated rings. The van der Waals surface area contributed by atoms with Crippen molar-refractivity contribution in [3.63, 3.8) is 0 Å². The minimum absolute atomic E-state index is 0. The molecule has 0 bridgehead atoms. The summed E-state index contributed by atoms with van der Waals surface area (Å²) in [5, 5.41) is 10.7. The second kappa shape index (κ2) is 9.84. The number of aliphatic hydroxyl groups is 1. The van der Waals surface area contributed by atoms with E-state index in [0.29, 0.717) is 5.92 Å². The van der Waals surface area contributed by atoms with Gasteiger partial charge >= 0.3 is 0 Å². The van der Waals surface area contributed by atoms with Gasteiger partial charge in [-0.1, -0.05) is 30.6 Å². The third kappa shape index (κ3) is 5.33. The van der Waals surface area contributed by atoms with Gasteiger partial charge in [0.1, 0.15) is 0 Å². The smallest absolute Gasteiger partial charge is 0.0608 e. The van der Waals surface area contributed by atoms with E-state index in [1.54, 1.807) is 5.57 Å². The van der Waals surface area contributed by atoms with Crippen molar-refractivity contribution in [1.29, 1.82) is 0 Å². The molecule has 0 saturated heterocycles. The fraction of sp³-hybridized carbons (Fsp3) is 0.833. The summed E-state index contributed by atoms with van der Waals surface area (Å²) in [5.74, 6) is 4.97. The molecule has 0 aromatic heterocycles. The van der Waals surface area contributed by atoms with Crippen LogP contribution in [0.4, 0.5) is 0 Å². The van der Waals surface area contributed by atoms with Crippen LogP contribution in [0.3, 0.4) is 0 Å². The molecule has 0 spiro atoms. The van der Waals surface area contributed by atoms with Gasteiger partial charge < -0.3 is 5.11 Å². The van der Waals surface area contributed by atoms with Crippen LogP contribution < -0.4 is 0 Å². The Balaban J connectivity index is 0.00000196. The van der Waals surface area contributed by atoms with Crippen LogP contribution in [0.1, 0.15) is 83.5 Å². The normalized spacial score (nSPS) is 41.0. The summed E-state index contributed by atoms with van der Waals surface area (Å²) >= 11 is 0. The molecule has 26 heavy (non-hydrogen) atoms. The van der Waals surface area contributed by atoms with E-state index < -0.39 is 0 Å². The molecule has 143 valence electrons. The van der Waals surface area contributed by atoms with Crippen LogP contribution in [0.25, 0.3) is 0 Å². The monoisotopic (exact) mass is 431 g/mol. The average molecular weight is 431 g/mol. The Hall–Kier alpha value is 0.544. The van der Waals surface area contributed by atoms with Crippen molar-refractivity contribution in [2.75, 3.05) is 0 Å². The van der Waals surface area contributed by atoms with Crippen molar-refractivity contribution in [3.05, 3.63) is 24.3 Å². The Bertz CT molecular complexity index is 486. The quantitative estimate of drug-likeness (QED) is 0.508. The van der Waals surface area contributed by atoms with Crippen LogP contribution >= 0.6 is 0 Å². The van der Waals surface area contributed by atoms with E-state index in [4.69, 9.17) is 0 Å². The topological polar surface area (TPSA) is 20.2 Å². The van der Waals surface area contributed by atoms with Gasteiger partial charge in [0.05, 0.1) is 6.10 Å². The van der Waals surface area contributed by atoms with Gasteiger partial charge in [-0.05, 0) is 100 Å². The van der Waals surface area contributed by atoms with E-state index in [9.17, 15) is 5.11 Å². The largest absolute Gasteiger partial charge is 0.392 e. The molecule has 1 nitrogen and oxygen atoms in total. The molecule has 4 aliphatic rings. The summed E-state index contributed by atoms with van der Waals surface area (Å²) < 4.78 is 0. The van der Waals surface area contributed by atoms with Crippen LogP contribution in [0.5, 0.6) is 0 Å². The van der Waals surface area contributed by atoms with Crippen LogP contribution in [0, 0.1) is 35.5 Å². The number of rotatable bonds is 5. The zero-order valence-corrected chi connectivity index (χ0v) is 19.5. The summed E-state index contributed by atoms with van der Waals surface area (Å²) in [6.07, 6.45) is 22.2. The third-order valence-corrected chi connectivity index (χ3v) is 8.07. The van der Waals surface area contributed by atoms with Gasteiger partial charge in [0, 0.05) is 38.6 Å². The van der Waals surface area contributed by atoms with Gasteiger partial charge in [0.15, 0.2) is 0 Å². The first-order valence-corrected chi connectivity index (χ1v) is 11.2. The molecule has 1 N–H and O–H groups in total. The van der Waals surface area contributed by atoms with Crippen molar-refractivity contribution < 1.29 is 37.8 Å². The molecule has 4 atom stereocenters. The van der Waals surface area contributed by atoms with Crippen molar-refractivity contribution in [2.24, 2.45) is 35.5 Å². The van der Waals surface area contributed by atoms with E-state index in [0.717, 1.165) is 36.0 Å². The molecular formula is C24H38OY. The molecule has 2 heteroatoms. The van der Waals surface area contributed by atoms with Crippen LogP contribution in [0.15, 0.2) is 24.3 Å². The number of allylic oxidation sites excluding steroid dienone is 2. The minimum atomic E-state index is -0.0525. The van der Waals surface area contributed by atoms with Crippen LogP contribution in [-0.4, -0.2) is 11.2 Å². The van der Waals surface area contributed by atoms with Crippen molar-refractivity contribution in [1.82, 2.24) is 0 Å². The second-order valence-corrected chi connectivity index (χ2v) is 9.76. The van der Waals surface area contributed by atoms with E-state index in [-0.39, 0.29) is 38.8 Å². The number of aliphatic hydroxyl groups excluding tert-OH is 1. The Morgan fingerprint density at radius 2 is 1.65 bits per heavy atom. The van der Waals surface area contributed by atoms with Gasteiger partial charge in [0.2, 0.25) is 0 Å². The Morgan fingerprint density at radius 1 is 0.923 bits per heavy atom. The average Bonchev–Trinajstić information content (AvgIpc) is 3.46. The molecule has 3 saturated carbocycles. The predicted molar refractivity (Wildman–Crippen MR) is 105 cm³/mol. The summed E-state index contributed by atoms with van der Waals surface area (Å²) in [5.41, 5.74) is 1.62. The van der Waals surface area contributed by atoms with Crippen molar-refractivity contribution in [2.45, 2.75) is 89.6 Å². The maximum Gasteiger partial charge on any atom is 0.0608 e. The van der Waals surface area contributed by atoms with Crippen LogP contribution in [0.2, 0.25) is 0 Å². The Kier molecular flexibility index (Phi) is 8.05. The molecule has 0 aromatic rings. The summed E-state index contributed by atoms with van der Waals surface area (Å²) in [6, 6.07) is 0. The van der Waals surface area contributed by atoms with E-state index >= 15 is 0 Å². The van der Waals surface area contributed by atoms with Crippen LogP contribution in [-0.2, 0) is 32.7 Å². The van der Waals surface area contributed by atoms with Crippen molar-refractivity contribution >= 4 is 0 Å². The maximum atomic E-state index is 10.7. The Morgan fingerprint density at radius 3 is 2.23 bits per heavy atom. The van der Waals surface area contributed by atoms with Gasteiger partial charge in [0.25, 0.3) is 0 Å². The number of hydrogen-bond acceptors (Lipinski definition) is 1. The molecule has 0 aromatic carbocycles. The van der Waals surface area contributed by atoms with Gasteiger partial charge in [-0.3, -0.25) is 0 Å². The third-order valence-electron chi connectivity index (χ3n) is 8.07. The molecule has 4 unspecified atom stereocenters.